The van der Waals surface area contributed by atoms with Crippen LogP contribution in [0.3, 0.4) is 0 Å². The number of rotatable bonds is 5. The molecule has 1 aliphatic rings. The lowest BCUT2D eigenvalue weighted by atomic mass is 9.80. The van der Waals surface area contributed by atoms with Crippen molar-refractivity contribution in [2.24, 2.45) is 0 Å². The second-order valence-electron chi connectivity index (χ2n) is 5.80. The molecule has 3 aromatic heterocycles. The van der Waals surface area contributed by atoms with Gasteiger partial charge in [0.05, 0.1) is 18.3 Å². The van der Waals surface area contributed by atoms with Crippen molar-refractivity contribution < 1.29 is 4.79 Å². The molecule has 9 heteroatoms. The number of aromatic nitrogens is 7. The minimum atomic E-state index is -0.224. The summed E-state index contributed by atoms with van der Waals surface area (Å²) in [6.45, 7) is 0. The maximum atomic E-state index is 12.5. The zero-order valence-electron chi connectivity index (χ0n) is 12.9. The van der Waals surface area contributed by atoms with E-state index < -0.39 is 0 Å². The zero-order valence-corrected chi connectivity index (χ0v) is 12.9. The van der Waals surface area contributed by atoms with Crippen LogP contribution in [0.2, 0.25) is 0 Å². The summed E-state index contributed by atoms with van der Waals surface area (Å²) in [5.74, 6) is 1.24. The molecule has 0 radical (unpaired) electrons. The molecule has 1 amide bonds. The molecule has 1 saturated carbocycles. The predicted octanol–water partition coefficient (Wildman–Crippen LogP) is 1.43. The maximum Gasteiger partial charge on any atom is 0.275 e. The second-order valence-corrected chi connectivity index (χ2v) is 5.80. The maximum absolute atomic E-state index is 12.5. The Labute approximate surface area is 137 Å². The van der Waals surface area contributed by atoms with E-state index in [9.17, 15) is 4.79 Å². The summed E-state index contributed by atoms with van der Waals surface area (Å²) in [6.07, 6.45) is 5.61. The molecular weight excluding hydrogens is 308 g/mol. The first-order valence-electron chi connectivity index (χ1n) is 7.82. The summed E-state index contributed by atoms with van der Waals surface area (Å²) < 4.78 is 0. The van der Waals surface area contributed by atoms with Gasteiger partial charge in [-0.3, -0.25) is 9.89 Å². The Morgan fingerprint density at radius 3 is 3.00 bits per heavy atom. The average molecular weight is 324 g/mol. The van der Waals surface area contributed by atoms with Crippen LogP contribution in [0.15, 0.2) is 24.4 Å². The minimum Gasteiger partial charge on any atom is -0.305 e. The van der Waals surface area contributed by atoms with Crippen LogP contribution in [0.4, 0.5) is 5.82 Å². The molecule has 0 unspecified atom stereocenters. The van der Waals surface area contributed by atoms with Gasteiger partial charge in [-0.1, -0.05) is 17.7 Å². The molecule has 4 rings (SSSR count). The normalized spacial score (nSPS) is 14.3. The number of H-pyrrole nitrogens is 2. The Morgan fingerprint density at radius 1 is 1.33 bits per heavy atom. The third-order valence-corrected chi connectivity index (χ3v) is 4.22. The standard InChI is InChI=1S/C15H16N8O/c24-15(14-11(8-16-21-14)9-3-1-4-9)18-12-6-2-5-10(17-12)7-13-19-22-23-20-13/h2,5-6,8-9H,1,3-4,7H2,(H,16,21)(H,17,18,24)(H,19,20,22,23). The largest absolute Gasteiger partial charge is 0.305 e. The summed E-state index contributed by atoms with van der Waals surface area (Å²) in [5.41, 5.74) is 2.25. The molecule has 3 aromatic rings. The SMILES string of the molecule is O=C(Nc1cccc(Cc2nn[nH]n2)n1)c1[nH]ncc1C1CCC1. The minimum absolute atomic E-state index is 0.224. The summed E-state index contributed by atoms with van der Waals surface area (Å²) in [6, 6.07) is 5.43. The van der Waals surface area contributed by atoms with E-state index in [2.05, 4.69) is 41.1 Å². The number of hydrogen-bond donors (Lipinski definition) is 3. The highest BCUT2D eigenvalue weighted by atomic mass is 16.2. The molecule has 9 nitrogen and oxygen atoms in total. The van der Waals surface area contributed by atoms with E-state index in [-0.39, 0.29) is 5.91 Å². The molecule has 3 heterocycles. The van der Waals surface area contributed by atoms with Gasteiger partial charge in [0.25, 0.3) is 5.91 Å². The first kappa shape index (κ1) is 14.5. The number of pyridine rings is 1. The Hall–Kier alpha value is -3.10. The van der Waals surface area contributed by atoms with Crippen molar-refractivity contribution in [3.63, 3.8) is 0 Å². The first-order valence-corrected chi connectivity index (χ1v) is 7.82. The van der Waals surface area contributed by atoms with E-state index in [1.165, 1.54) is 6.42 Å². The lowest BCUT2D eigenvalue weighted by Gasteiger charge is -2.24. The Bertz CT molecular complexity index is 837. The fraction of sp³-hybridized carbons (Fsp3) is 0.333. The third-order valence-electron chi connectivity index (χ3n) is 4.22. The van der Waals surface area contributed by atoms with Crippen LogP contribution in [-0.4, -0.2) is 41.7 Å². The number of carbonyl (C=O) groups excluding carboxylic acids is 1. The van der Waals surface area contributed by atoms with Gasteiger partial charge in [0.1, 0.15) is 11.5 Å². The van der Waals surface area contributed by atoms with Gasteiger partial charge in [0.15, 0.2) is 5.82 Å². The smallest absolute Gasteiger partial charge is 0.275 e. The van der Waals surface area contributed by atoms with Crippen molar-refractivity contribution in [1.29, 1.82) is 0 Å². The summed E-state index contributed by atoms with van der Waals surface area (Å²) in [4.78, 5) is 16.9. The van der Waals surface area contributed by atoms with Gasteiger partial charge in [0, 0.05) is 5.56 Å². The molecule has 1 aliphatic carbocycles. The van der Waals surface area contributed by atoms with Crippen molar-refractivity contribution in [3.8, 4) is 0 Å². The van der Waals surface area contributed by atoms with Gasteiger partial charge in [-0.05, 0) is 30.9 Å². The van der Waals surface area contributed by atoms with Crippen molar-refractivity contribution in [2.45, 2.75) is 31.6 Å². The van der Waals surface area contributed by atoms with E-state index in [1.54, 1.807) is 12.3 Å². The second kappa shape index (κ2) is 6.19. The van der Waals surface area contributed by atoms with Crippen LogP contribution in [0, 0.1) is 0 Å². The van der Waals surface area contributed by atoms with E-state index in [4.69, 9.17) is 0 Å². The molecule has 0 aliphatic heterocycles. The van der Waals surface area contributed by atoms with Crippen LogP contribution in [0.25, 0.3) is 0 Å². The number of carbonyl (C=O) groups is 1. The molecule has 0 saturated heterocycles. The first-order chi connectivity index (χ1) is 11.8. The molecule has 0 atom stereocenters. The molecule has 0 aromatic carbocycles. The number of amides is 1. The average Bonchev–Trinajstić information content (AvgIpc) is 3.18. The lowest BCUT2D eigenvalue weighted by molar-refractivity contribution is 0.102. The van der Waals surface area contributed by atoms with E-state index >= 15 is 0 Å². The van der Waals surface area contributed by atoms with Gasteiger partial charge >= 0.3 is 0 Å². The number of nitrogens with zero attached hydrogens (tertiary/aromatic N) is 5. The Morgan fingerprint density at radius 2 is 2.25 bits per heavy atom. The number of anilines is 1. The molecule has 24 heavy (non-hydrogen) atoms. The quantitative estimate of drug-likeness (QED) is 0.652. The Balaban J connectivity index is 1.49. The van der Waals surface area contributed by atoms with E-state index in [1.807, 2.05) is 12.1 Å². The highest BCUT2D eigenvalue weighted by Gasteiger charge is 2.26. The fourth-order valence-corrected chi connectivity index (χ4v) is 2.75. The molecule has 0 spiro atoms. The highest BCUT2D eigenvalue weighted by molar-refractivity contribution is 6.03. The van der Waals surface area contributed by atoms with Crippen molar-refractivity contribution >= 4 is 11.7 Å². The van der Waals surface area contributed by atoms with Gasteiger partial charge in [-0.25, -0.2) is 4.98 Å². The van der Waals surface area contributed by atoms with Crippen LogP contribution in [0.5, 0.6) is 0 Å². The van der Waals surface area contributed by atoms with Crippen LogP contribution >= 0.6 is 0 Å². The number of tetrazole rings is 1. The molecule has 122 valence electrons. The van der Waals surface area contributed by atoms with E-state index in [0.29, 0.717) is 29.7 Å². The van der Waals surface area contributed by atoms with Crippen LogP contribution < -0.4 is 5.32 Å². The molecule has 3 N–H and O–H groups in total. The molecular formula is C15H16N8O. The summed E-state index contributed by atoms with van der Waals surface area (Å²) in [5, 5.41) is 23.4. The summed E-state index contributed by atoms with van der Waals surface area (Å²) >= 11 is 0. The van der Waals surface area contributed by atoms with Crippen molar-refractivity contribution in [2.75, 3.05) is 5.32 Å². The van der Waals surface area contributed by atoms with Crippen LogP contribution in [-0.2, 0) is 6.42 Å². The van der Waals surface area contributed by atoms with E-state index in [0.717, 1.165) is 24.1 Å². The Kier molecular flexibility index (Phi) is 3.73. The highest BCUT2D eigenvalue weighted by Crippen LogP contribution is 2.37. The van der Waals surface area contributed by atoms with Gasteiger partial charge < -0.3 is 5.32 Å². The number of aromatic amines is 2. The molecule has 1 fully saturated rings. The van der Waals surface area contributed by atoms with Gasteiger partial charge in [0.2, 0.25) is 0 Å². The molecule has 0 bridgehead atoms. The number of hydrogen-bond acceptors (Lipinski definition) is 6. The topological polar surface area (TPSA) is 125 Å². The van der Waals surface area contributed by atoms with Crippen molar-refractivity contribution in [3.05, 3.63) is 47.2 Å². The zero-order chi connectivity index (χ0) is 16.4. The third kappa shape index (κ3) is 2.87. The van der Waals surface area contributed by atoms with Crippen molar-refractivity contribution in [1.82, 2.24) is 35.8 Å². The number of nitrogens with one attached hydrogen (secondary N) is 3. The van der Waals surface area contributed by atoms with Crippen LogP contribution in [0.1, 0.15) is 52.8 Å². The summed E-state index contributed by atoms with van der Waals surface area (Å²) in [7, 11) is 0. The van der Waals surface area contributed by atoms with Gasteiger partial charge in [-0.2, -0.15) is 10.3 Å². The lowest BCUT2D eigenvalue weighted by Crippen LogP contribution is -2.18. The fourth-order valence-electron chi connectivity index (χ4n) is 2.75. The monoisotopic (exact) mass is 324 g/mol. The predicted molar refractivity (Wildman–Crippen MR) is 84.4 cm³/mol. The van der Waals surface area contributed by atoms with Gasteiger partial charge in [-0.15, -0.1) is 10.2 Å².